The molecular weight excluding hydrogens is 384 g/mol. The van der Waals surface area contributed by atoms with E-state index in [0.717, 1.165) is 38.5 Å². The molecule has 0 fully saturated rings. The van der Waals surface area contributed by atoms with Crippen molar-refractivity contribution in [3.63, 3.8) is 0 Å². The molecular formula is C20H42O5S2. The maximum atomic E-state index is 11.9. The van der Waals surface area contributed by atoms with Crippen LogP contribution in [0.1, 0.15) is 117 Å². The van der Waals surface area contributed by atoms with E-state index < -0.39 is 20.2 Å². The first-order valence-corrected chi connectivity index (χ1v) is 14.1. The lowest BCUT2D eigenvalue weighted by atomic mass is 10.1. The lowest BCUT2D eigenvalue weighted by molar-refractivity contribution is 0.456. The quantitative estimate of drug-likeness (QED) is 0.225. The third kappa shape index (κ3) is 19.0. The van der Waals surface area contributed by atoms with E-state index >= 15 is 0 Å². The van der Waals surface area contributed by atoms with Crippen molar-refractivity contribution in [1.82, 2.24) is 0 Å². The summed E-state index contributed by atoms with van der Waals surface area (Å²) in [6.07, 6.45) is 16.5. The van der Waals surface area contributed by atoms with Crippen LogP contribution < -0.4 is 0 Å². The van der Waals surface area contributed by atoms with Crippen LogP contribution in [0.15, 0.2) is 0 Å². The standard InChI is InChI=1S/C20H42O5S2/c1-3-5-7-9-11-13-15-17-19-26(21,22)25-27(23,24)20-18-16-14-12-10-8-6-4-2/h3-20H2,1-2H3. The smallest absolute Gasteiger partial charge is 0.198 e. The predicted octanol–water partition coefficient (Wildman–Crippen LogP) is 5.94. The van der Waals surface area contributed by atoms with Crippen LogP contribution in [-0.4, -0.2) is 28.3 Å². The van der Waals surface area contributed by atoms with Gasteiger partial charge in [-0.05, 0) is 12.8 Å². The highest BCUT2D eigenvalue weighted by Crippen LogP contribution is 2.13. The van der Waals surface area contributed by atoms with Crippen molar-refractivity contribution in [2.24, 2.45) is 0 Å². The molecule has 0 bridgehead atoms. The van der Waals surface area contributed by atoms with Gasteiger partial charge in [-0.3, -0.25) is 0 Å². The second kappa shape index (κ2) is 16.8. The summed E-state index contributed by atoms with van der Waals surface area (Å²) in [5.74, 6) is -0.419. The van der Waals surface area contributed by atoms with Crippen molar-refractivity contribution in [3.05, 3.63) is 0 Å². The van der Waals surface area contributed by atoms with Gasteiger partial charge in [0.2, 0.25) is 0 Å². The van der Waals surface area contributed by atoms with Gasteiger partial charge in [-0.25, -0.2) is 0 Å². The Kier molecular flexibility index (Phi) is 16.7. The summed E-state index contributed by atoms with van der Waals surface area (Å²) >= 11 is 0. The zero-order chi connectivity index (χ0) is 20.4. The van der Waals surface area contributed by atoms with E-state index in [1.54, 1.807) is 0 Å². The number of hydrogen-bond donors (Lipinski definition) is 0. The highest BCUT2D eigenvalue weighted by atomic mass is 32.3. The topological polar surface area (TPSA) is 77.5 Å². The van der Waals surface area contributed by atoms with Gasteiger partial charge < -0.3 is 0 Å². The summed E-state index contributed by atoms with van der Waals surface area (Å²) < 4.78 is 51.9. The first kappa shape index (κ1) is 26.9. The van der Waals surface area contributed by atoms with Crippen LogP contribution in [-0.2, 0) is 23.9 Å². The molecule has 0 aromatic heterocycles. The van der Waals surface area contributed by atoms with Crippen LogP contribution >= 0.6 is 0 Å². The SMILES string of the molecule is CCCCCCCCCCS(=O)(=O)OS(=O)(=O)CCCCCCCCCC. The molecule has 0 unspecified atom stereocenters. The second-order valence-electron chi connectivity index (χ2n) is 7.54. The van der Waals surface area contributed by atoms with Gasteiger partial charge in [0.25, 0.3) is 20.2 Å². The fourth-order valence-electron chi connectivity index (χ4n) is 3.05. The Morgan fingerprint density at radius 3 is 1.00 bits per heavy atom. The second-order valence-corrected chi connectivity index (χ2v) is 11.1. The van der Waals surface area contributed by atoms with Crippen molar-refractivity contribution in [2.75, 3.05) is 11.5 Å². The number of rotatable bonds is 20. The first-order chi connectivity index (χ1) is 12.8. The molecule has 0 saturated heterocycles. The van der Waals surface area contributed by atoms with E-state index in [4.69, 9.17) is 0 Å². The van der Waals surface area contributed by atoms with Gasteiger partial charge in [0, 0.05) is 0 Å². The van der Waals surface area contributed by atoms with Crippen molar-refractivity contribution >= 4 is 20.2 Å². The maximum absolute atomic E-state index is 11.9. The molecule has 164 valence electrons. The largest absolute Gasteiger partial charge is 0.281 e. The van der Waals surface area contributed by atoms with Gasteiger partial charge in [0.05, 0.1) is 11.5 Å². The molecule has 0 spiro atoms. The fraction of sp³-hybridized carbons (Fsp3) is 1.00. The molecule has 0 rings (SSSR count). The molecule has 7 heteroatoms. The average Bonchev–Trinajstić information content (AvgIpc) is 2.58. The highest BCUT2D eigenvalue weighted by molar-refractivity contribution is 7.99. The molecule has 27 heavy (non-hydrogen) atoms. The number of hydrogen-bond acceptors (Lipinski definition) is 5. The van der Waals surface area contributed by atoms with Gasteiger partial charge in [0.1, 0.15) is 0 Å². The Morgan fingerprint density at radius 2 is 0.704 bits per heavy atom. The van der Waals surface area contributed by atoms with Gasteiger partial charge in [0.15, 0.2) is 0 Å². The predicted molar refractivity (Wildman–Crippen MR) is 114 cm³/mol. The summed E-state index contributed by atoms with van der Waals surface area (Å²) in [5, 5.41) is 0. The summed E-state index contributed by atoms with van der Waals surface area (Å²) in [6, 6.07) is 0. The van der Waals surface area contributed by atoms with E-state index in [1.807, 2.05) is 0 Å². The van der Waals surface area contributed by atoms with Gasteiger partial charge in [-0.1, -0.05) is 104 Å². The van der Waals surface area contributed by atoms with E-state index in [-0.39, 0.29) is 11.5 Å². The third-order valence-corrected chi connectivity index (χ3v) is 7.94. The molecule has 0 atom stereocenters. The van der Waals surface area contributed by atoms with E-state index in [1.165, 1.54) is 51.4 Å². The minimum absolute atomic E-state index is 0.210. The summed E-state index contributed by atoms with van der Waals surface area (Å²) in [6.45, 7) is 4.35. The van der Waals surface area contributed by atoms with Gasteiger partial charge in [-0.2, -0.15) is 16.8 Å². The van der Waals surface area contributed by atoms with Crippen molar-refractivity contribution < 1.29 is 20.5 Å². The summed E-state index contributed by atoms with van der Waals surface area (Å²) in [4.78, 5) is 0. The Balaban J connectivity index is 3.80. The fourth-order valence-corrected chi connectivity index (χ4v) is 5.97. The minimum atomic E-state index is -3.99. The molecule has 0 aliphatic rings. The molecule has 0 N–H and O–H groups in total. The first-order valence-electron chi connectivity index (χ1n) is 11.0. The molecule has 0 aliphatic carbocycles. The highest BCUT2D eigenvalue weighted by Gasteiger charge is 2.22. The van der Waals surface area contributed by atoms with E-state index in [2.05, 4.69) is 17.5 Å². The van der Waals surface area contributed by atoms with Crippen LogP contribution in [0, 0.1) is 0 Å². The molecule has 0 aromatic rings. The van der Waals surface area contributed by atoms with Crippen LogP contribution in [0.2, 0.25) is 0 Å². The Labute approximate surface area is 168 Å². The Hall–Kier alpha value is -0.140. The zero-order valence-corrected chi connectivity index (χ0v) is 19.2. The molecule has 0 saturated carbocycles. The van der Waals surface area contributed by atoms with E-state index in [0.29, 0.717) is 12.8 Å². The average molecular weight is 427 g/mol. The molecule has 5 nitrogen and oxygen atoms in total. The molecule has 0 aromatic carbocycles. The van der Waals surface area contributed by atoms with Crippen molar-refractivity contribution in [3.8, 4) is 0 Å². The Morgan fingerprint density at radius 1 is 0.444 bits per heavy atom. The lowest BCUT2D eigenvalue weighted by Crippen LogP contribution is -2.19. The molecule has 0 heterocycles. The van der Waals surface area contributed by atoms with Gasteiger partial charge >= 0.3 is 0 Å². The maximum Gasteiger partial charge on any atom is 0.281 e. The zero-order valence-electron chi connectivity index (χ0n) is 17.6. The summed E-state index contributed by atoms with van der Waals surface area (Å²) in [5.41, 5.74) is 0. The lowest BCUT2D eigenvalue weighted by Gasteiger charge is -2.07. The minimum Gasteiger partial charge on any atom is -0.198 e. The molecule has 0 radical (unpaired) electrons. The third-order valence-electron chi connectivity index (χ3n) is 4.70. The monoisotopic (exact) mass is 426 g/mol. The Bertz CT molecular complexity index is 479. The van der Waals surface area contributed by atoms with Gasteiger partial charge in [-0.15, -0.1) is 3.63 Å². The number of unbranched alkanes of at least 4 members (excludes halogenated alkanes) is 14. The summed E-state index contributed by atoms with van der Waals surface area (Å²) in [7, 11) is -7.97. The van der Waals surface area contributed by atoms with Crippen LogP contribution in [0.5, 0.6) is 0 Å². The van der Waals surface area contributed by atoms with Crippen LogP contribution in [0.25, 0.3) is 0 Å². The normalized spacial score (nSPS) is 12.5. The van der Waals surface area contributed by atoms with E-state index in [9.17, 15) is 16.8 Å². The van der Waals surface area contributed by atoms with Crippen molar-refractivity contribution in [2.45, 2.75) is 117 Å². The molecule has 0 aliphatic heterocycles. The van der Waals surface area contributed by atoms with Crippen molar-refractivity contribution in [1.29, 1.82) is 0 Å². The van der Waals surface area contributed by atoms with Crippen LogP contribution in [0.4, 0.5) is 0 Å². The van der Waals surface area contributed by atoms with Crippen LogP contribution in [0.3, 0.4) is 0 Å². The molecule has 0 amide bonds.